The number of halogens is 3. The molecular formula is C10H9ClI2O2. The number of Topliss-reactive ketones (excluding diaryl/α,β-unsaturated/α-hetero) is 1. The summed E-state index contributed by atoms with van der Waals surface area (Å²) in [6.45, 7) is 0. The van der Waals surface area contributed by atoms with Gasteiger partial charge in [-0.2, -0.15) is 0 Å². The van der Waals surface area contributed by atoms with Gasteiger partial charge in [-0.05, 0) is 17.7 Å². The molecule has 15 heavy (non-hydrogen) atoms. The van der Waals surface area contributed by atoms with Crippen molar-refractivity contribution in [1.82, 2.24) is 0 Å². The molecule has 0 unspecified atom stereocenters. The SMILES string of the molecule is O=C(C(I)I)[C@H](O)Cc1ccc(Cl)cc1. The number of benzene rings is 1. The molecule has 82 valence electrons. The number of carbonyl (C=O) groups is 1. The first-order valence-electron chi connectivity index (χ1n) is 4.25. The zero-order chi connectivity index (χ0) is 11.4. The zero-order valence-corrected chi connectivity index (χ0v) is 12.7. The monoisotopic (exact) mass is 450 g/mol. The van der Waals surface area contributed by atoms with E-state index in [1.165, 1.54) is 0 Å². The topological polar surface area (TPSA) is 37.3 Å². The van der Waals surface area contributed by atoms with E-state index in [9.17, 15) is 9.90 Å². The van der Waals surface area contributed by atoms with Crippen molar-refractivity contribution in [3.8, 4) is 0 Å². The lowest BCUT2D eigenvalue weighted by Gasteiger charge is -2.10. The molecule has 0 saturated carbocycles. The molecule has 0 heterocycles. The fourth-order valence-electron chi connectivity index (χ4n) is 1.09. The molecule has 5 heteroatoms. The van der Waals surface area contributed by atoms with Crippen LogP contribution in [0.15, 0.2) is 24.3 Å². The Morgan fingerprint density at radius 2 is 1.87 bits per heavy atom. The van der Waals surface area contributed by atoms with Gasteiger partial charge in [0.25, 0.3) is 0 Å². The number of aliphatic hydroxyl groups excluding tert-OH is 1. The molecular weight excluding hydrogens is 441 g/mol. The summed E-state index contributed by atoms with van der Waals surface area (Å²) in [5.74, 6) is -0.147. The van der Waals surface area contributed by atoms with E-state index in [1.807, 2.05) is 57.3 Å². The van der Waals surface area contributed by atoms with Crippen LogP contribution in [0.5, 0.6) is 0 Å². The molecule has 0 spiro atoms. The maximum atomic E-state index is 11.4. The first-order chi connectivity index (χ1) is 7.00. The lowest BCUT2D eigenvalue weighted by Crippen LogP contribution is -2.27. The number of aliphatic hydroxyl groups is 1. The van der Waals surface area contributed by atoms with Gasteiger partial charge in [0.05, 0.1) is 0 Å². The van der Waals surface area contributed by atoms with Gasteiger partial charge >= 0.3 is 0 Å². The van der Waals surface area contributed by atoms with Crippen molar-refractivity contribution in [2.45, 2.75) is 14.5 Å². The third-order valence-corrected chi connectivity index (χ3v) is 3.37. The van der Waals surface area contributed by atoms with Crippen LogP contribution < -0.4 is 0 Å². The third-order valence-electron chi connectivity index (χ3n) is 1.89. The van der Waals surface area contributed by atoms with E-state index in [-0.39, 0.29) is 7.71 Å². The zero-order valence-electron chi connectivity index (χ0n) is 7.66. The molecule has 0 aliphatic heterocycles. The van der Waals surface area contributed by atoms with E-state index in [4.69, 9.17) is 11.6 Å². The van der Waals surface area contributed by atoms with Crippen molar-refractivity contribution in [3.05, 3.63) is 34.9 Å². The van der Waals surface area contributed by atoms with Crippen molar-refractivity contribution in [1.29, 1.82) is 0 Å². The number of ketones is 1. The van der Waals surface area contributed by atoms with Crippen LogP contribution in [0.4, 0.5) is 0 Å². The normalized spacial score (nSPS) is 12.9. The summed E-state index contributed by atoms with van der Waals surface area (Å²) in [4.78, 5) is 11.4. The minimum absolute atomic E-state index is 0.147. The lowest BCUT2D eigenvalue weighted by atomic mass is 10.1. The average molecular weight is 450 g/mol. The summed E-state index contributed by atoms with van der Waals surface area (Å²) in [6, 6.07) is 7.13. The van der Waals surface area contributed by atoms with E-state index in [2.05, 4.69) is 0 Å². The number of alkyl halides is 2. The summed E-state index contributed by atoms with van der Waals surface area (Å²) < 4.78 is -0.192. The van der Waals surface area contributed by atoms with Crippen molar-refractivity contribution in [2.75, 3.05) is 0 Å². The number of rotatable bonds is 4. The van der Waals surface area contributed by atoms with Crippen molar-refractivity contribution >= 4 is 62.6 Å². The molecule has 1 aromatic rings. The van der Waals surface area contributed by atoms with Gasteiger partial charge in [0.1, 0.15) is 8.04 Å². The molecule has 0 fully saturated rings. The fourth-order valence-corrected chi connectivity index (χ4v) is 2.05. The van der Waals surface area contributed by atoms with Gasteiger partial charge in [-0.25, -0.2) is 0 Å². The summed E-state index contributed by atoms with van der Waals surface area (Å²) >= 11 is 9.70. The largest absolute Gasteiger partial charge is 0.385 e. The molecule has 2 nitrogen and oxygen atoms in total. The van der Waals surface area contributed by atoms with Crippen LogP contribution in [0.3, 0.4) is 0 Å². The van der Waals surface area contributed by atoms with E-state index in [0.29, 0.717) is 11.4 Å². The van der Waals surface area contributed by atoms with E-state index >= 15 is 0 Å². The van der Waals surface area contributed by atoms with E-state index < -0.39 is 6.10 Å². The summed E-state index contributed by atoms with van der Waals surface area (Å²) in [6.07, 6.45) is -0.580. The molecule has 1 N–H and O–H groups in total. The van der Waals surface area contributed by atoms with Gasteiger partial charge in [-0.15, -0.1) is 0 Å². The predicted octanol–water partition coefficient (Wildman–Crippen LogP) is 3.01. The molecule has 0 bridgehead atoms. The molecule has 0 aliphatic carbocycles. The van der Waals surface area contributed by atoms with Gasteiger partial charge in [-0.1, -0.05) is 68.9 Å². The maximum Gasteiger partial charge on any atom is 0.184 e. The second-order valence-corrected chi connectivity index (χ2v) is 8.36. The molecule has 0 radical (unpaired) electrons. The predicted molar refractivity (Wildman–Crippen MR) is 78.0 cm³/mol. The van der Waals surface area contributed by atoms with Crippen LogP contribution in [-0.2, 0) is 11.2 Å². The first kappa shape index (κ1) is 13.7. The molecule has 1 atom stereocenters. The van der Waals surface area contributed by atoms with Crippen LogP contribution in [-0.4, -0.2) is 18.9 Å². The number of carbonyl (C=O) groups excluding carboxylic acids is 1. The maximum absolute atomic E-state index is 11.4. The highest BCUT2D eigenvalue weighted by atomic mass is 127. The van der Waals surface area contributed by atoms with E-state index in [1.54, 1.807) is 12.1 Å². The highest BCUT2D eigenvalue weighted by molar-refractivity contribution is 14.2. The Bertz CT molecular complexity index is 338. The van der Waals surface area contributed by atoms with Crippen molar-refractivity contribution < 1.29 is 9.90 Å². The van der Waals surface area contributed by atoms with Crippen molar-refractivity contribution in [3.63, 3.8) is 0 Å². The number of hydrogen-bond donors (Lipinski definition) is 1. The summed E-state index contributed by atoms with van der Waals surface area (Å²) in [7, 11) is 0. The van der Waals surface area contributed by atoms with Gasteiger partial charge in [-0.3, -0.25) is 4.79 Å². The van der Waals surface area contributed by atoms with Crippen LogP contribution in [0.1, 0.15) is 5.56 Å². The van der Waals surface area contributed by atoms with Crippen LogP contribution in [0.25, 0.3) is 0 Å². The minimum atomic E-state index is -0.926. The Morgan fingerprint density at radius 3 is 2.33 bits per heavy atom. The van der Waals surface area contributed by atoms with Crippen molar-refractivity contribution in [2.24, 2.45) is 0 Å². The Labute approximate surface area is 121 Å². The fraction of sp³-hybridized carbons (Fsp3) is 0.300. The summed E-state index contributed by atoms with van der Waals surface area (Å²) in [5.41, 5.74) is 0.911. The summed E-state index contributed by atoms with van der Waals surface area (Å²) in [5, 5.41) is 10.3. The molecule has 1 rings (SSSR count). The Hall–Kier alpha value is 0.600. The quantitative estimate of drug-likeness (QED) is 0.566. The highest BCUT2D eigenvalue weighted by Crippen LogP contribution is 2.16. The molecule has 1 aromatic carbocycles. The van der Waals surface area contributed by atoms with Gasteiger partial charge < -0.3 is 5.11 Å². The molecule has 0 aliphatic rings. The lowest BCUT2D eigenvalue weighted by molar-refractivity contribution is -0.124. The Morgan fingerprint density at radius 1 is 1.33 bits per heavy atom. The molecule has 0 amide bonds. The third kappa shape index (κ3) is 4.54. The first-order valence-corrected chi connectivity index (χ1v) is 7.12. The minimum Gasteiger partial charge on any atom is -0.385 e. The van der Waals surface area contributed by atoms with Gasteiger partial charge in [0.15, 0.2) is 5.78 Å². The second kappa shape index (κ2) is 6.36. The average Bonchev–Trinajstić information content (AvgIpc) is 2.20. The van der Waals surface area contributed by atoms with Crippen LogP contribution >= 0.6 is 56.8 Å². The highest BCUT2D eigenvalue weighted by Gasteiger charge is 2.20. The second-order valence-electron chi connectivity index (χ2n) is 3.05. The Kier molecular flexibility index (Phi) is 5.80. The van der Waals surface area contributed by atoms with Gasteiger partial charge in [0, 0.05) is 11.4 Å². The van der Waals surface area contributed by atoms with Gasteiger partial charge in [0.2, 0.25) is 0 Å². The smallest absolute Gasteiger partial charge is 0.184 e. The number of hydrogen-bond acceptors (Lipinski definition) is 2. The van der Waals surface area contributed by atoms with E-state index in [0.717, 1.165) is 5.56 Å². The molecule has 0 aromatic heterocycles. The Balaban J connectivity index is 2.62. The molecule has 0 saturated heterocycles. The van der Waals surface area contributed by atoms with Crippen LogP contribution in [0, 0.1) is 0 Å². The van der Waals surface area contributed by atoms with Crippen LogP contribution in [0.2, 0.25) is 5.02 Å². The standard InChI is InChI=1S/C10H9ClI2O2/c11-7-3-1-6(2-4-7)5-8(14)9(15)10(12)13/h1-4,8,10,14H,5H2/t8-/m1/s1.